The Balaban J connectivity index is 1.90. The van der Waals surface area contributed by atoms with Crippen molar-refractivity contribution in [1.82, 2.24) is 10.2 Å². The van der Waals surface area contributed by atoms with Crippen LogP contribution in [0.25, 0.3) is 0 Å². The number of amides is 2. The highest BCUT2D eigenvalue weighted by atomic mass is 32.2. The third kappa shape index (κ3) is 8.06. The minimum atomic E-state index is -3.74. The fourth-order valence-corrected chi connectivity index (χ4v) is 5.83. The predicted octanol–water partition coefficient (Wildman–Crippen LogP) is 4.58. The third-order valence-electron chi connectivity index (χ3n) is 7.08. The molecule has 1 N–H and O–H groups in total. The Labute approximate surface area is 222 Å². The van der Waals surface area contributed by atoms with Crippen molar-refractivity contribution in [1.29, 1.82) is 0 Å². The fraction of sp³-hybridized carbons (Fsp3) is 0.517. The Morgan fingerprint density at radius 3 is 2.24 bits per heavy atom. The highest BCUT2D eigenvalue weighted by molar-refractivity contribution is 7.92. The van der Waals surface area contributed by atoms with Crippen molar-refractivity contribution >= 4 is 27.5 Å². The molecule has 2 aromatic rings. The zero-order valence-corrected chi connectivity index (χ0v) is 23.4. The molecule has 2 aromatic carbocycles. The van der Waals surface area contributed by atoms with E-state index < -0.39 is 22.0 Å². The molecule has 0 heterocycles. The number of rotatable bonds is 11. The van der Waals surface area contributed by atoms with Gasteiger partial charge in [-0.3, -0.25) is 13.9 Å². The molecule has 0 bridgehead atoms. The molecule has 0 saturated heterocycles. The summed E-state index contributed by atoms with van der Waals surface area (Å²) in [6.45, 7) is 5.75. The molecule has 1 aliphatic rings. The Hall–Kier alpha value is -2.87. The Bertz CT molecular complexity index is 1160. The van der Waals surface area contributed by atoms with Crippen LogP contribution in [0.4, 0.5) is 5.69 Å². The molecule has 3 rings (SSSR count). The molecule has 0 radical (unpaired) electrons. The first-order valence-corrected chi connectivity index (χ1v) is 15.2. The molecule has 1 aliphatic carbocycles. The van der Waals surface area contributed by atoms with E-state index in [1.54, 1.807) is 17.0 Å². The summed E-state index contributed by atoms with van der Waals surface area (Å²) in [6, 6.07) is 14.4. The van der Waals surface area contributed by atoms with Gasteiger partial charge in [0.25, 0.3) is 0 Å². The van der Waals surface area contributed by atoms with Gasteiger partial charge in [-0.25, -0.2) is 8.42 Å². The van der Waals surface area contributed by atoms with Gasteiger partial charge in [-0.2, -0.15) is 0 Å². The molecule has 2 amide bonds. The van der Waals surface area contributed by atoms with Crippen LogP contribution in [0.3, 0.4) is 0 Å². The van der Waals surface area contributed by atoms with Crippen LogP contribution in [0.5, 0.6) is 0 Å². The number of carbonyl (C=O) groups is 2. The number of benzene rings is 2. The molecule has 8 heteroatoms. The van der Waals surface area contributed by atoms with Gasteiger partial charge < -0.3 is 10.2 Å². The number of hydrogen-bond donors (Lipinski definition) is 1. The minimum absolute atomic E-state index is 0.121. The lowest BCUT2D eigenvalue weighted by molar-refractivity contribution is -0.140. The third-order valence-corrected chi connectivity index (χ3v) is 8.23. The lowest BCUT2D eigenvalue weighted by Gasteiger charge is -2.34. The van der Waals surface area contributed by atoms with Gasteiger partial charge in [0.15, 0.2) is 0 Å². The van der Waals surface area contributed by atoms with Crippen LogP contribution >= 0.6 is 0 Å². The molecule has 1 unspecified atom stereocenters. The summed E-state index contributed by atoms with van der Waals surface area (Å²) in [5.41, 5.74) is 3.46. The topological polar surface area (TPSA) is 86.8 Å². The van der Waals surface area contributed by atoms with E-state index in [4.69, 9.17) is 0 Å². The van der Waals surface area contributed by atoms with Gasteiger partial charge >= 0.3 is 0 Å². The first-order valence-electron chi connectivity index (χ1n) is 13.3. The second kappa shape index (κ2) is 13.1. The lowest BCUT2D eigenvalue weighted by atomic mass is 9.95. The Morgan fingerprint density at radius 2 is 1.68 bits per heavy atom. The summed E-state index contributed by atoms with van der Waals surface area (Å²) < 4.78 is 26.6. The number of nitrogens with zero attached hydrogens (tertiary/aromatic N) is 2. The molecule has 1 atom stereocenters. The summed E-state index contributed by atoms with van der Waals surface area (Å²) in [6.07, 6.45) is 7.62. The highest BCUT2D eigenvalue weighted by Gasteiger charge is 2.32. The number of carbonyl (C=O) groups excluding carboxylic acids is 2. The maximum absolute atomic E-state index is 13.8. The average molecular weight is 528 g/mol. The molecule has 0 aliphatic heterocycles. The van der Waals surface area contributed by atoms with Crippen LogP contribution in [-0.4, -0.2) is 50.0 Å². The first-order chi connectivity index (χ1) is 17.6. The van der Waals surface area contributed by atoms with Gasteiger partial charge in [0.05, 0.1) is 11.9 Å². The number of aryl methyl sites for hydroxylation is 2. The molecule has 1 fully saturated rings. The van der Waals surface area contributed by atoms with E-state index in [-0.39, 0.29) is 25.0 Å². The van der Waals surface area contributed by atoms with Crippen LogP contribution in [-0.2, 0) is 32.6 Å². The van der Waals surface area contributed by atoms with Crippen molar-refractivity contribution in [3.8, 4) is 0 Å². The lowest BCUT2D eigenvalue weighted by Crippen LogP contribution is -2.53. The van der Waals surface area contributed by atoms with Crippen LogP contribution in [0.2, 0.25) is 0 Å². The Kier molecular flexibility index (Phi) is 10.1. The minimum Gasteiger partial charge on any atom is -0.352 e. The maximum Gasteiger partial charge on any atom is 0.244 e. The van der Waals surface area contributed by atoms with Crippen LogP contribution in [0.15, 0.2) is 48.5 Å². The Morgan fingerprint density at radius 1 is 1.00 bits per heavy atom. The fourth-order valence-electron chi connectivity index (χ4n) is 4.98. The van der Waals surface area contributed by atoms with Crippen molar-refractivity contribution in [3.63, 3.8) is 0 Å². The van der Waals surface area contributed by atoms with Crippen LogP contribution in [0, 0.1) is 6.92 Å². The van der Waals surface area contributed by atoms with E-state index in [2.05, 4.69) is 5.32 Å². The maximum atomic E-state index is 13.8. The average Bonchev–Trinajstić information content (AvgIpc) is 2.87. The zero-order valence-electron chi connectivity index (χ0n) is 22.6. The number of anilines is 1. The zero-order chi connectivity index (χ0) is 27.0. The molecule has 1 saturated carbocycles. The van der Waals surface area contributed by atoms with E-state index >= 15 is 0 Å². The second-order valence-corrected chi connectivity index (χ2v) is 12.0. The van der Waals surface area contributed by atoms with Crippen molar-refractivity contribution in [2.24, 2.45) is 0 Å². The SMILES string of the molecule is CCc1ccc(N(CC(=O)N(Cc2cccc(C)c2)C(CC)C(=O)NC2CCCCC2)S(C)(=O)=O)cc1. The molecule has 37 heavy (non-hydrogen) atoms. The summed E-state index contributed by atoms with van der Waals surface area (Å²) in [5, 5.41) is 3.17. The van der Waals surface area contributed by atoms with Crippen molar-refractivity contribution in [2.75, 3.05) is 17.1 Å². The van der Waals surface area contributed by atoms with Gasteiger partial charge in [-0.05, 0) is 55.9 Å². The van der Waals surface area contributed by atoms with Crippen molar-refractivity contribution < 1.29 is 18.0 Å². The summed E-state index contributed by atoms with van der Waals surface area (Å²) in [4.78, 5) is 28.8. The van der Waals surface area contributed by atoms with Gasteiger partial charge in [0.2, 0.25) is 21.8 Å². The summed E-state index contributed by atoms with van der Waals surface area (Å²) in [5.74, 6) is -0.578. The van der Waals surface area contributed by atoms with Crippen LogP contribution < -0.4 is 9.62 Å². The molecule has 0 aromatic heterocycles. The quantitative estimate of drug-likeness (QED) is 0.463. The second-order valence-electron chi connectivity index (χ2n) is 10.1. The van der Waals surface area contributed by atoms with E-state index in [9.17, 15) is 18.0 Å². The molecular weight excluding hydrogens is 486 g/mol. The van der Waals surface area contributed by atoms with Crippen molar-refractivity contribution in [3.05, 3.63) is 65.2 Å². The van der Waals surface area contributed by atoms with Crippen molar-refractivity contribution in [2.45, 2.75) is 84.3 Å². The van der Waals surface area contributed by atoms with Gasteiger partial charge in [-0.1, -0.05) is 75.1 Å². The van der Waals surface area contributed by atoms with Gasteiger partial charge in [0.1, 0.15) is 12.6 Å². The van der Waals surface area contributed by atoms with E-state index in [1.807, 2.05) is 57.2 Å². The van der Waals surface area contributed by atoms with E-state index in [0.717, 1.165) is 59.4 Å². The van der Waals surface area contributed by atoms with E-state index in [1.165, 1.54) is 6.42 Å². The number of nitrogens with one attached hydrogen (secondary N) is 1. The molecule has 0 spiro atoms. The summed E-state index contributed by atoms with van der Waals surface area (Å²) in [7, 11) is -3.74. The number of hydrogen-bond acceptors (Lipinski definition) is 4. The molecular formula is C29H41N3O4S. The van der Waals surface area contributed by atoms with Gasteiger partial charge in [-0.15, -0.1) is 0 Å². The summed E-state index contributed by atoms with van der Waals surface area (Å²) >= 11 is 0. The monoisotopic (exact) mass is 527 g/mol. The molecule has 7 nitrogen and oxygen atoms in total. The smallest absolute Gasteiger partial charge is 0.244 e. The van der Waals surface area contributed by atoms with Gasteiger partial charge in [0, 0.05) is 12.6 Å². The highest BCUT2D eigenvalue weighted by Crippen LogP contribution is 2.22. The predicted molar refractivity (Wildman–Crippen MR) is 149 cm³/mol. The standard InChI is InChI=1S/C29H41N3O4S/c1-5-23-15-17-26(18-16-23)32(37(4,35)36)21-28(33)31(20-24-12-10-11-22(3)19-24)27(6-2)29(34)30-25-13-8-7-9-14-25/h10-12,15-19,25,27H,5-9,13-14,20-21H2,1-4H3,(H,30,34). The molecule has 202 valence electrons. The largest absolute Gasteiger partial charge is 0.352 e. The number of sulfonamides is 1. The van der Waals surface area contributed by atoms with Crippen LogP contribution in [0.1, 0.15) is 69.1 Å². The van der Waals surface area contributed by atoms with E-state index in [0.29, 0.717) is 12.1 Å². The normalized spacial score (nSPS) is 15.1. The first kappa shape index (κ1) is 28.7.